The number of pyridine rings is 1. The van der Waals surface area contributed by atoms with Crippen LogP contribution in [0.3, 0.4) is 0 Å². The number of nitrogens with zero attached hydrogens (tertiary/aromatic N) is 1. The summed E-state index contributed by atoms with van der Waals surface area (Å²) in [6.45, 7) is 4.43. The Labute approximate surface area is 77.1 Å². The number of rotatable bonds is 2. The van der Waals surface area contributed by atoms with Crippen molar-refractivity contribution < 1.29 is 21.5 Å². The van der Waals surface area contributed by atoms with E-state index in [1.807, 2.05) is 35.2 Å². The van der Waals surface area contributed by atoms with E-state index in [9.17, 15) is 0 Å². The fourth-order valence-electron chi connectivity index (χ4n) is 0.805. The summed E-state index contributed by atoms with van der Waals surface area (Å²) >= 11 is 0. The normalized spacial score (nSPS) is 8.36. The maximum atomic E-state index is 5.53. The van der Waals surface area contributed by atoms with Crippen molar-refractivity contribution in [2.45, 2.75) is 6.54 Å². The van der Waals surface area contributed by atoms with Gasteiger partial charge in [0.1, 0.15) is 0 Å². The number of aromatic nitrogens is 1. The summed E-state index contributed by atoms with van der Waals surface area (Å²) in [5, 5.41) is 0. The fraction of sp³-hybridized carbons (Fsp3) is 0.125. The molecule has 0 aliphatic carbocycles. The van der Waals surface area contributed by atoms with Gasteiger partial charge in [0.2, 0.25) is 0 Å². The highest BCUT2D eigenvalue weighted by Crippen LogP contribution is 1.92. The van der Waals surface area contributed by atoms with Crippen LogP contribution in [0, 0.1) is 0 Å². The average molecular weight is 215 g/mol. The molecule has 0 atom stereocenters. The van der Waals surface area contributed by atoms with E-state index in [4.69, 9.17) is 5.73 Å². The van der Waals surface area contributed by atoms with Gasteiger partial charge >= 0.3 is 0 Å². The number of nitrogens with two attached hydrogens (primary N) is 1. The van der Waals surface area contributed by atoms with Gasteiger partial charge in [-0.25, -0.2) is 0 Å². The summed E-state index contributed by atoms with van der Waals surface area (Å²) in [5.41, 5.74) is 6.32. The first-order chi connectivity index (χ1) is 4.83. The third kappa shape index (κ3) is 3.18. The molecule has 1 rings (SSSR count). The lowest BCUT2D eigenvalue weighted by Crippen LogP contribution is -3.00. The van der Waals surface area contributed by atoms with Crippen molar-refractivity contribution in [3.63, 3.8) is 0 Å². The van der Waals surface area contributed by atoms with Crippen molar-refractivity contribution in [1.29, 1.82) is 0 Å². The topological polar surface area (TPSA) is 29.9 Å². The summed E-state index contributed by atoms with van der Waals surface area (Å²) < 4.78 is 1.97. The third-order valence-electron chi connectivity index (χ3n) is 1.22. The van der Waals surface area contributed by atoms with E-state index in [-0.39, 0.29) is 17.0 Å². The maximum Gasteiger partial charge on any atom is 0.192 e. The van der Waals surface area contributed by atoms with Gasteiger partial charge in [0.05, 0.1) is 5.69 Å². The number of hydrogen-bond acceptors (Lipinski definition) is 1. The molecule has 1 heterocycles. The smallest absolute Gasteiger partial charge is 0.192 e. The zero-order valence-electron chi connectivity index (χ0n) is 6.20. The molecular formula is C8H11BrN2. The van der Waals surface area contributed by atoms with Crippen LogP contribution in [0.15, 0.2) is 37.2 Å². The molecule has 2 nitrogen and oxygen atoms in total. The SMILES string of the molecule is C=CC[n+]1cccc(N)c1.[Br-]. The molecule has 1 aromatic heterocycles. The van der Waals surface area contributed by atoms with Gasteiger partial charge in [0.25, 0.3) is 0 Å². The van der Waals surface area contributed by atoms with E-state index in [1.54, 1.807) is 0 Å². The summed E-state index contributed by atoms with van der Waals surface area (Å²) in [7, 11) is 0. The highest BCUT2D eigenvalue weighted by molar-refractivity contribution is 5.30. The lowest BCUT2D eigenvalue weighted by molar-refractivity contribution is -0.686. The predicted octanol–water partition coefficient (Wildman–Crippen LogP) is -2.25. The summed E-state index contributed by atoms with van der Waals surface area (Å²) in [6.07, 6.45) is 5.67. The van der Waals surface area contributed by atoms with Gasteiger partial charge in [0, 0.05) is 6.07 Å². The van der Waals surface area contributed by atoms with Gasteiger partial charge in [-0.15, -0.1) is 0 Å². The maximum absolute atomic E-state index is 5.53. The van der Waals surface area contributed by atoms with Gasteiger partial charge in [-0.2, -0.15) is 4.57 Å². The molecule has 60 valence electrons. The Balaban J connectivity index is 0.000001000. The molecule has 3 heteroatoms. The summed E-state index contributed by atoms with van der Waals surface area (Å²) in [5.74, 6) is 0. The Morgan fingerprint density at radius 1 is 1.64 bits per heavy atom. The molecule has 11 heavy (non-hydrogen) atoms. The highest BCUT2D eigenvalue weighted by atomic mass is 79.9. The highest BCUT2D eigenvalue weighted by Gasteiger charge is 1.94. The largest absolute Gasteiger partial charge is 1.00 e. The van der Waals surface area contributed by atoms with Crippen LogP contribution in [0.5, 0.6) is 0 Å². The van der Waals surface area contributed by atoms with E-state index < -0.39 is 0 Å². The van der Waals surface area contributed by atoms with Gasteiger partial charge < -0.3 is 22.7 Å². The van der Waals surface area contributed by atoms with E-state index in [0.717, 1.165) is 12.2 Å². The van der Waals surface area contributed by atoms with Crippen LogP contribution >= 0.6 is 0 Å². The zero-order chi connectivity index (χ0) is 7.40. The van der Waals surface area contributed by atoms with E-state index >= 15 is 0 Å². The second kappa shape index (κ2) is 4.91. The summed E-state index contributed by atoms with van der Waals surface area (Å²) in [4.78, 5) is 0. The van der Waals surface area contributed by atoms with Gasteiger partial charge in [0.15, 0.2) is 18.9 Å². The first kappa shape index (κ1) is 10.2. The zero-order valence-corrected chi connectivity index (χ0v) is 7.79. The average Bonchev–Trinajstić information content (AvgIpc) is 1.88. The Morgan fingerprint density at radius 2 is 2.36 bits per heavy atom. The molecule has 0 radical (unpaired) electrons. The van der Waals surface area contributed by atoms with Gasteiger partial charge in [-0.1, -0.05) is 6.58 Å². The molecule has 0 spiro atoms. The van der Waals surface area contributed by atoms with Crippen molar-refractivity contribution >= 4 is 5.69 Å². The molecule has 0 aliphatic heterocycles. The fourth-order valence-corrected chi connectivity index (χ4v) is 0.805. The number of hydrogen-bond donors (Lipinski definition) is 1. The minimum Gasteiger partial charge on any atom is -1.00 e. The van der Waals surface area contributed by atoms with Gasteiger partial charge in [-0.05, 0) is 12.1 Å². The Kier molecular flexibility index (Phi) is 4.54. The van der Waals surface area contributed by atoms with Crippen LogP contribution in [0.4, 0.5) is 5.69 Å². The number of anilines is 1. The van der Waals surface area contributed by atoms with E-state index in [1.165, 1.54) is 0 Å². The Morgan fingerprint density at radius 3 is 2.91 bits per heavy atom. The van der Waals surface area contributed by atoms with Crippen LogP contribution in [0.25, 0.3) is 0 Å². The quantitative estimate of drug-likeness (QED) is 0.438. The van der Waals surface area contributed by atoms with E-state index in [0.29, 0.717) is 0 Å². The minimum absolute atomic E-state index is 0. The third-order valence-corrected chi connectivity index (χ3v) is 1.22. The molecule has 1 aromatic rings. The van der Waals surface area contributed by atoms with Crippen molar-refractivity contribution in [2.75, 3.05) is 5.73 Å². The van der Waals surface area contributed by atoms with Gasteiger partial charge in [-0.3, -0.25) is 0 Å². The van der Waals surface area contributed by atoms with Crippen LogP contribution in [0.1, 0.15) is 0 Å². The predicted molar refractivity (Wildman–Crippen MR) is 41.2 cm³/mol. The first-order valence-corrected chi connectivity index (χ1v) is 3.18. The molecule has 0 unspecified atom stereocenters. The second-order valence-corrected chi connectivity index (χ2v) is 2.12. The first-order valence-electron chi connectivity index (χ1n) is 3.18. The van der Waals surface area contributed by atoms with Crippen LogP contribution < -0.4 is 27.3 Å². The summed E-state index contributed by atoms with van der Waals surface area (Å²) in [6, 6.07) is 3.78. The molecule has 0 amide bonds. The van der Waals surface area contributed by atoms with Crippen molar-refractivity contribution in [3.05, 3.63) is 37.2 Å². The van der Waals surface area contributed by atoms with Crippen molar-refractivity contribution in [1.82, 2.24) is 0 Å². The van der Waals surface area contributed by atoms with Crippen LogP contribution in [-0.2, 0) is 6.54 Å². The second-order valence-electron chi connectivity index (χ2n) is 2.12. The molecule has 0 aromatic carbocycles. The number of halogens is 1. The lowest BCUT2D eigenvalue weighted by atomic mass is 10.4. The number of nitrogen functional groups attached to an aromatic ring is 1. The molecule has 2 N–H and O–H groups in total. The van der Waals surface area contributed by atoms with Crippen molar-refractivity contribution in [3.8, 4) is 0 Å². The Hall–Kier alpha value is -0.830. The van der Waals surface area contributed by atoms with E-state index in [2.05, 4.69) is 6.58 Å². The Bertz CT molecular complexity index is 235. The molecule has 0 aliphatic rings. The molecule has 0 bridgehead atoms. The van der Waals surface area contributed by atoms with Crippen LogP contribution in [-0.4, -0.2) is 0 Å². The monoisotopic (exact) mass is 214 g/mol. The molecule has 0 fully saturated rings. The molecule has 0 saturated carbocycles. The van der Waals surface area contributed by atoms with Crippen LogP contribution in [0.2, 0.25) is 0 Å². The number of allylic oxidation sites excluding steroid dienone is 1. The van der Waals surface area contributed by atoms with Crippen molar-refractivity contribution in [2.24, 2.45) is 0 Å². The standard InChI is InChI=1S/C8H11N2.BrH/c1-2-5-10-6-3-4-8(9)7-10;/h2-4,6-7H,1,5,9H2;1H/q+1;/p-1. The molecular weight excluding hydrogens is 204 g/mol. The molecule has 0 saturated heterocycles. The lowest BCUT2D eigenvalue weighted by Gasteiger charge is -1.91. The minimum atomic E-state index is 0.